The second-order valence-electron chi connectivity index (χ2n) is 6.52. The van der Waals surface area contributed by atoms with Gasteiger partial charge in [0.15, 0.2) is 0 Å². The molecule has 27 heavy (non-hydrogen) atoms. The summed E-state index contributed by atoms with van der Waals surface area (Å²) in [4.78, 5) is 12.3. The molecule has 0 aliphatic heterocycles. The number of anilines is 1. The summed E-state index contributed by atoms with van der Waals surface area (Å²) in [6.45, 7) is 5.95. The van der Waals surface area contributed by atoms with Crippen molar-refractivity contribution in [3.05, 3.63) is 59.2 Å². The molecule has 0 atom stereocenters. The van der Waals surface area contributed by atoms with Gasteiger partial charge in [-0.2, -0.15) is 0 Å². The molecule has 7 heteroatoms. The highest BCUT2D eigenvalue weighted by molar-refractivity contribution is 7.92. The average Bonchev–Trinajstić information content (AvgIpc) is 2.57. The quantitative estimate of drug-likeness (QED) is 0.703. The summed E-state index contributed by atoms with van der Waals surface area (Å²) in [5.41, 5.74) is 3.24. The van der Waals surface area contributed by atoms with Gasteiger partial charge in [0.1, 0.15) is 18.9 Å². The van der Waals surface area contributed by atoms with E-state index in [-0.39, 0.29) is 19.0 Å². The summed E-state index contributed by atoms with van der Waals surface area (Å²) in [6, 6.07) is 13.1. The number of benzene rings is 2. The van der Waals surface area contributed by atoms with Crippen LogP contribution in [0.4, 0.5) is 5.69 Å². The topological polar surface area (TPSA) is 75.7 Å². The molecule has 2 rings (SSSR count). The summed E-state index contributed by atoms with van der Waals surface area (Å²) in [5.74, 6) is 0.355. The molecule has 0 saturated heterocycles. The largest absolute Gasteiger partial charge is 0.492 e. The van der Waals surface area contributed by atoms with Crippen molar-refractivity contribution in [2.45, 2.75) is 20.8 Å². The predicted molar refractivity (Wildman–Crippen MR) is 108 cm³/mol. The first-order valence-corrected chi connectivity index (χ1v) is 10.5. The summed E-state index contributed by atoms with van der Waals surface area (Å²) >= 11 is 0. The molecule has 2 aromatic rings. The van der Waals surface area contributed by atoms with Crippen LogP contribution in [-0.4, -0.2) is 40.3 Å². The van der Waals surface area contributed by atoms with Gasteiger partial charge in [0, 0.05) is 0 Å². The summed E-state index contributed by atoms with van der Waals surface area (Å²) < 4.78 is 31.2. The molecule has 0 heterocycles. The van der Waals surface area contributed by atoms with E-state index >= 15 is 0 Å². The van der Waals surface area contributed by atoms with Gasteiger partial charge in [-0.15, -0.1) is 0 Å². The molecule has 146 valence electrons. The van der Waals surface area contributed by atoms with Crippen LogP contribution in [0.1, 0.15) is 16.7 Å². The van der Waals surface area contributed by atoms with Crippen LogP contribution in [0.3, 0.4) is 0 Å². The number of aryl methyl sites for hydroxylation is 3. The Morgan fingerprint density at radius 1 is 1.07 bits per heavy atom. The number of nitrogens with zero attached hydrogens (tertiary/aromatic N) is 1. The number of ether oxygens (including phenoxy) is 1. The molecular formula is C20H26N2O4S. The van der Waals surface area contributed by atoms with Crippen molar-refractivity contribution < 1.29 is 17.9 Å². The molecule has 0 aliphatic rings. The monoisotopic (exact) mass is 390 g/mol. The Bertz CT molecular complexity index is 890. The van der Waals surface area contributed by atoms with E-state index in [0.717, 1.165) is 33.0 Å². The Labute approximate surface area is 161 Å². The number of hydrogen-bond acceptors (Lipinski definition) is 4. The molecule has 2 aromatic carbocycles. The molecule has 0 aliphatic carbocycles. The Morgan fingerprint density at radius 2 is 1.70 bits per heavy atom. The van der Waals surface area contributed by atoms with Crippen molar-refractivity contribution >= 4 is 21.6 Å². The molecule has 0 fully saturated rings. The van der Waals surface area contributed by atoms with Crippen LogP contribution in [-0.2, 0) is 14.8 Å². The van der Waals surface area contributed by atoms with E-state index in [1.165, 1.54) is 0 Å². The predicted octanol–water partition coefficient (Wildman–Crippen LogP) is 2.57. The van der Waals surface area contributed by atoms with E-state index in [4.69, 9.17) is 4.74 Å². The lowest BCUT2D eigenvalue weighted by Crippen LogP contribution is -2.42. The van der Waals surface area contributed by atoms with Crippen LogP contribution in [0, 0.1) is 20.8 Å². The maximum atomic E-state index is 12.3. The van der Waals surface area contributed by atoms with Crippen molar-refractivity contribution in [2.24, 2.45) is 0 Å². The van der Waals surface area contributed by atoms with Gasteiger partial charge in [-0.3, -0.25) is 9.10 Å². The zero-order chi connectivity index (χ0) is 20.0. The fourth-order valence-electron chi connectivity index (χ4n) is 2.81. The molecule has 0 radical (unpaired) electrons. The van der Waals surface area contributed by atoms with Gasteiger partial charge in [0.2, 0.25) is 15.9 Å². The first kappa shape index (κ1) is 20.8. The lowest BCUT2D eigenvalue weighted by molar-refractivity contribution is -0.119. The van der Waals surface area contributed by atoms with Gasteiger partial charge in [0.05, 0.1) is 18.5 Å². The lowest BCUT2D eigenvalue weighted by Gasteiger charge is -2.25. The molecule has 1 N–H and O–H groups in total. The third kappa shape index (κ3) is 5.99. The number of carbonyl (C=O) groups excluding carboxylic acids is 1. The standard InChI is InChI=1S/C20H26N2O4S/c1-15-7-5-10-18(13-15)26-12-11-21-19(23)14-22(27(4,24)25)20-16(2)8-6-9-17(20)3/h5-10,13H,11-12,14H2,1-4H3,(H,21,23). The van der Waals surface area contributed by atoms with E-state index in [0.29, 0.717) is 12.3 Å². The third-order valence-corrected chi connectivity index (χ3v) is 5.17. The minimum atomic E-state index is -3.60. The van der Waals surface area contributed by atoms with Gasteiger partial charge < -0.3 is 10.1 Å². The molecule has 0 saturated carbocycles. The number of rotatable bonds is 8. The fraction of sp³-hybridized carbons (Fsp3) is 0.350. The van der Waals surface area contributed by atoms with E-state index in [2.05, 4.69) is 5.32 Å². The smallest absolute Gasteiger partial charge is 0.240 e. The SMILES string of the molecule is Cc1cccc(OCCNC(=O)CN(c2c(C)cccc2C)S(C)(=O)=O)c1. The number of hydrogen-bond donors (Lipinski definition) is 1. The van der Waals surface area contributed by atoms with Crippen molar-refractivity contribution in [3.63, 3.8) is 0 Å². The molecule has 0 spiro atoms. The molecule has 6 nitrogen and oxygen atoms in total. The number of nitrogens with one attached hydrogen (secondary N) is 1. The van der Waals surface area contributed by atoms with Crippen LogP contribution in [0.5, 0.6) is 5.75 Å². The second kappa shape index (κ2) is 8.90. The maximum absolute atomic E-state index is 12.3. The number of sulfonamides is 1. The zero-order valence-corrected chi connectivity index (χ0v) is 17.0. The van der Waals surface area contributed by atoms with E-state index in [9.17, 15) is 13.2 Å². The van der Waals surface area contributed by atoms with Crippen LogP contribution in [0.2, 0.25) is 0 Å². The Hall–Kier alpha value is -2.54. The third-order valence-electron chi connectivity index (χ3n) is 4.06. The average molecular weight is 391 g/mol. The number of para-hydroxylation sites is 1. The van der Waals surface area contributed by atoms with Gasteiger partial charge in [-0.25, -0.2) is 8.42 Å². The second-order valence-corrected chi connectivity index (χ2v) is 8.43. The normalized spacial score (nSPS) is 11.1. The van der Waals surface area contributed by atoms with E-state index in [1.54, 1.807) is 0 Å². The molecule has 0 bridgehead atoms. The summed E-state index contributed by atoms with van der Waals surface area (Å²) in [7, 11) is -3.60. The molecule has 0 unspecified atom stereocenters. The van der Waals surface area contributed by atoms with Crippen LogP contribution >= 0.6 is 0 Å². The maximum Gasteiger partial charge on any atom is 0.240 e. The van der Waals surface area contributed by atoms with Crippen molar-refractivity contribution in [3.8, 4) is 5.75 Å². The van der Waals surface area contributed by atoms with Crippen LogP contribution < -0.4 is 14.4 Å². The first-order valence-electron chi connectivity index (χ1n) is 8.68. The van der Waals surface area contributed by atoms with Crippen molar-refractivity contribution in [2.75, 3.05) is 30.3 Å². The summed E-state index contributed by atoms with van der Waals surface area (Å²) in [6.07, 6.45) is 1.10. The fourth-order valence-corrected chi connectivity index (χ4v) is 3.78. The Kier molecular flexibility index (Phi) is 6.85. The highest BCUT2D eigenvalue weighted by atomic mass is 32.2. The zero-order valence-electron chi connectivity index (χ0n) is 16.2. The van der Waals surface area contributed by atoms with Gasteiger partial charge in [-0.05, 0) is 49.6 Å². The minimum absolute atomic E-state index is 0.269. The van der Waals surface area contributed by atoms with E-state index < -0.39 is 10.0 Å². The van der Waals surface area contributed by atoms with Gasteiger partial charge in [0.25, 0.3) is 0 Å². The molecular weight excluding hydrogens is 364 g/mol. The van der Waals surface area contributed by atoms with Crippen LogP contribution in [0.15, 0.2) is 42.5 Å². The minimum Gasteiger partial charge on any atom is -0.492 e. The molecule has 1 amide bonds. The number of amides is 1. The van der Waals surface area contributed by atoms with Gasteiger partial charge in [-0.1, -0.05) is 30.3 Å². The first-order chi connectivity index (χ1) is 12.7. The highest BCUT2D eigenvalue weighted by Gasteiger charge is 2.23. The highest BCUT2D eigenvalue weighted by Crippen LogP contribution is 2.26. The Morgan fingerprint density at radius 3 is 2.30 bits per heavy atom. The number of carbonyl (C=O) groups is 1. The molecule has 0 aromatic heterocycles. The Balaban J connectivity index is 1.97. The van der Waals surface area contributed by atoms with Crippen LogP contribution in [0.25, 0.3) is 0 Å². The van der Waals surface area contributed by atoms with Crippen molar-refractivity contribution in [1.82, 2.24) is 5.32 Å². The summed E-state index contributed by atoms with van der Waals surface area (Å²) in [5, 5.41) is 2.71. The van der Waals surface area contributed by atoms with Crippen molar-refractivity contribution in [1.29, 1.82) is 0 Å². The van der Waals surface area contributed by atoms with Gasteiger partial charge >= 0.3 is 0 Å². The lowest BCUT2D eigenvalue weighted by atomic mass is 10.1. The van der Waals surface area contributed by atoms with E-state index in [1.807, 2.05) is 63.2 Å².